The number of aromatic nitrogens is 5. The molecule has 0 atom stereocenters. The zero-order chi connectivity index (χ0) is 37.7. The zero-order valence-corrected chi connectivity index (χ0v) is 30.2. The van der Waals surface area contributed by atoms with Crippen molar-refractivity contribution in [3.05, 3.63) is 200 Å². The number of hydrogen-bond acceptors (Lipinski definition) is 6. The van der Waals surface area contributed by atoms with E-state index in [0.29, 0.717) is 34.4 Å². The summed E-state index contributed by atoms with van der Waals surface area (Å²) in [5, 5.41) is 9.81. The summed E-state index contributed by atoms with van der Waals surface area (Å²) < 4.78 is 0. The molecule has 0 aliphatic carbocycles. The van der Waals surface area contributed by atoms with Crippen LogP contribution < -0.4 is 0 Å². The lowest BCUT2D eigenvalue weighted by Crippen LogP contribution is -2.01. The van der Waals surface area contributed by atoms with Crippen LogP contribution in [0.25, 0.3) is 90.3 Å². The van der Waals surface area contributed by atoms with Crippen LogP contribution in [0, 0.1) is 11.3 Å². The molecular weight excluding hydrogens is 685 g/mol. The second kappa shape index (κ2) is 15.2. The maximum absolute atomic E-state index is 9.81. The number of nitrogens with zero attached hydrogens (tertiary/aromatic N) is 6. The van der Waals surface area contributed by atoms with Crippen LogP contribution >= 0.6 is 0 Å². The maximum Gasteiger partial charge on any atom is 0.165 e. The summed E-state index contributed by atoms with van der Waals surface area (Å²) in [6.07, 6.45) is 0. The molecule has 2 aromatic heterocycles. The summed E-state index contributed by atoms with van der Waals surface area (Å²) >= 11 is 0. The molecule has 0 aliphatic heterocycles. The monoisotopic (exact) mass is 716 g/mol. The van der Waals surface area contributed by atoms with Crippen LogP contribution in [-0.2, 0) is 0 Å². The maximum atomic E-state index is 9.81. The molecule has 9 rings (SSSR count). The third kappa shape index (κ3) is 7.08. The Morgan fingerprint density at radius 1 is 0.286 bits per heavy atom. The average molecular weight is 717 g/mol. The highest BCUT2D eigenvalue weighted by atomic mass is 15.0. The lowest BCUT2D eigenvalue weighted by molar-refractivity contribution is 1.07. The quantitative estimate of drug-likeness (QED) is 0.156. The van der Waals surface area contributed by atoms with Crippen LogP contribution in [0.15, 0.2) is 194 Å². The molecule has 6 heteroatoms. The Hall–Kier alpha value is -7.88. The van der Waals surface area contributed by atoms with Gasteiger partial charge in [0.15, 0.2) is 23.3 Å². The Morgan fingerprint density at radius 3 is 1.27 bits per heavy atom. The lowest BCUT2D eigenvalue weighted by atomic mass is 10.00. The first-order valence-corrected chi connectivity index (χ1v) is 18.3. The van der Waals surface area contributed by atoms with Crippen molar-refractivity contribution >= 4 is 0 Å². The molecule has 0 aliphatic rings. The van der Waals surface area contributed by atoms with Crippen molar-refractivity contribution in [1.82, 2.24) is 24.9 Å². The van der Waals surface area contributed by atoms with E-state index in [9.17, 15) is 5.26 Å². The van der Waals surface area contributed by atoms with Crippen LogP contribution in [0.2, 0.25) is 0 Å². The first kappa shape index (κ1) is 33.9. The standard InChI is InChI=1S/C50H32N6/c51-33-43-19-10-11-22-44(43)50-55-48(38-17-8-3-9-18-38)54-49(56-50)40-29-25-36(26-30-40)35-23-27-39(28-24-35)47-52-45(37-15-6-2-7-16-37)32-46(53-47)42-21-12-20-41(31-42)34-13-4-1-5-14-34/h1-32H. The van der Waals surface area contributed by atoms with Crippen molar-refractivity contribution in [2.75, 3.05) is 0 Å². The number of benzene rings is 7. The highest BCUT2D eigenvalue weighted by Gasteiger charge is 2.16. The summed E-state index contributed by atoms with van der Waals surface area (Å²) in [6, 6.07) is 67.2. The van der Waals surface area contributed by atoms with Gasteiger partial charge < -0.3 is 0 Å². The van der Waals surface area contributed by atoms with E-state index in [-0.39, 0.29) is 0 Å². The molecule has 0 saturated carbocycles. The molecule has 7 aromatic carbocycles. The second-order valence-electron chi connectivity index (χ2n) is 13.3. The van der Waals surface area contributed by atoms with Gasteiger partial charge in [-0.3, -0.25) is 0 Å². The molecule has 0 bridgehead atoms. The molecule has 9 aromatic rings. The first-order chi connectivity index (χ1) is 27.7. The van der Waals surface area contributed by atoms with Crippen LogP contribution in [0.5, 0.6) is 0 Å². The van der Waals surface area contributed by atoms with E-state index < -0.39 is 0 Å². The van der Waals surface area contributed by atoms with E-state index in [4.69, 9.17) is 24.9 Å². The van der Waals surface area contributed by atoms with E-state index in [1.807, 2.05) is 84.9 Å². The van der Waals surface area contributed by atoms with Gasteiger partial charge in [-0.2, -0.15) is 5.26 Å². The molecule has 0 saturated heterocycles. The van der Waals surface area contributed by atoms with Gasteiger partial charge in [-0.15, -0.1) is 0 Å². The van der Waals surface area contributed by atoms with E-state index in [1.54, 1.807) is 6.07 Å². The van der Waals surface area contributed by atoms with Gasteiger partial charge in [-0.05, 0) is 46.5 Å². The minimum atomic E-state index is 0.455. The molecule has 6 nitrogen and oxygen atoms in total. The molecule has 0 spiro atoms. The Kier molecular flexibility index (Phi) is 9.23. The van der Waals surface area contributed by atoms with E-state index >= 15 is 0 Å². The lowest BCUT2D eigenvalue weighted by Gasteiger charge is -2.11. The Balaban J connectivity index is 1.04. The third-order valence-electron chi connectivity index (χ3n) is 9.64. The number of rotatable bonds is 8. The van der Waals surface area contributed by atoms with Gasteiger partial charge >= 0.3 is 0 Å². The third-order valence-corrected chi connectivity index (χ3v) is 9.64. The normalized spacial score (nSPS) is 10.8. The van der Waals surface area contributed by atoms with E-state index in [0.717, 1.165) is 61.5 Å². The molecule has 262 valence electrons. The van der Waals surface area contributed by atoms with Crippen molar-refractivity contribution in [2.45, 2.75) is 0 Å². The molecule has 0 amide bonds. The van der Waals surface area contributed by atoms with Crippen LogP contribution in [0.4, 0.5) is 0 Å². The Morgan fingerprint density at radius 2 is 0.679 bits per heavy atom. The fraction of sp³-hybridized carbons (Fsp3) is 0. The van der Waals surface area contributed by atoms with Crippen LogP contribution in [0.1, 0.15) is 5.56 Å². The minimum Gasteiger partial charge on any atom is -0.228 e. The van der Waals surface area contributed by atoms with Crippen molar-refractivity contribution in [3.63, 3.8) is 0 Å². The molecule has 0 radical (unpaired) electrons. The predicted octanol–water partition coefficient (Wildman–Crippen LogP) is 11.9. The molecule has 0 unspecified atom stereocenters. The molecule has 0 N–H and O–H groups in total. The topological polar surface area (TPSA) is 88.2 Å². The van der Waals surface area contributed by atoms with Crippen molar-refractivity contribution in [3.8, 4) is 96.4 Å². The fourth-order valence-corrected chi connectivity index (χ4v) is 6.71. The summed E-state index contributed by atoms with van der Waals surface area (Å²) in [6.45, 7) is 0. The van der Waals surface area contributed by atoms with Gasteiger partial charge in [-0.25, -0.2) is 24.9 Å². The minimum absolute atomic E-state index is 0.455. The van der Waals surface area contributed by atoms with Crippen LogP contribution in [-0.4, -0.2) is 24.9 Å². The van der Waals surface area contributed by atoms with Crippen molar-refractivity contribution in [1.29, 1.82) is 5.26 Å². The van der Waals surface area contributed by atoms with Gasteiger partial charge in [0.05, 0.1) is 23.0 Å². The van der Waals surface area contributed by atoms with Gasteiger partial charge in [0, 0.05) is 33.4 Å². The van der Waals surface area contributed by atoms with Gasteiger partial charge in [0.25, 0.3) is 0 Å². The molecule has 2 heterocycles. The van der Waals surface area contributed by atoms with Crippen LogP contribution in [0.3, 0.4) is 0 Å². The van der Waals surface area contributed by atoms with Crippen molar-refractivity contribution < 1.29 is 0 Å². The largest absolute Gasteiger partial charge is 0.228 e. The van der Waals surface area contributed by atoms with E-state index in [1.165, 1.54) is 0 Å². The summed E-state index contributed by atoms with van der Waals surface area (Å²) in [7, 11) is 0. The van der Waals surface area contributed by atoms with Crippen molar-refractivity contribution in [2.24, 2.45) is 0 Å². The summed E-state index contributed by atoms with van der Waals surface area (Å²) in [5.41, 5.74) is 12.0. The van der Waals surface area contributed by atoms with E-state index in [2.05, 4.69) is 109 Å². The Bertz CT molecular complexity index is 2830. The highest BCUT2D eigenvalue weighted by molar-refractivity contribution is 5.77. The summed E-state index contributed by atoms with van der Waals surface area (Å²) in [5.74, 6) is 2.19. The number of nitriles is 1. The molecule has 56 heavy (non-hydrogen) atoms. The average Bonchev–Trinajstić information content (AvgIpc) is 3.29. The highest BCUT2D eigenvalue weighted by Crippen LogP contribution is 2.32. The first-order valence-electron chi connectivity index (χ1n) is 18.3. The zero-order valence-electron chi connectivity index (χ0n) is 30.2. The van der Waals surface area contributed by atoms with Gasteiger partial charge in [0.1, 0.15) is 0 Å². The smallest absolute Gasteiger partial charge is 0.165 e. The molecule has 0 fully saturated rings. The summed E-state index contributed by atoms with van der Waals surface area (Å²) in [4.78, 5) is 24.6. The SMILES string of the molecule is N#Cc1ccccc1-c1nc(-c2ccccc2)nc(-c2ccc(-c3ccc(-c4nc(-c5ccccc5)cc(-c5cccc(-c6ccccc6)c5)n4)cc3)cc2)n1. The fourth-order valence-electron chi connectivity index (χ4n) is 6.71. The second-order valence-corrected chi connectivity index (χ2v) is 13.3. The molecular formula is C50H32N6. The number of hydrogen-bond donors (Lipinski definition) is 0. The van der Waals surface area contributed by atoms with Gasteiger partial charge in [-0.1, -0.05) is 170 Å². The predicted molar refractivity (Wildman–Crippen MR) is 224 cm³/mol. The Labute approximate surface area is 325 Å². The van der Waals surface area contributed by atoms with Gasteiger partial charge in [0.2, 0.25) is 0 Å².